The van der Waals surface area contributed by atoms with Crippen molar-refractivity contribution < 1.29 is 9.53 Å². The highest BCUT2D eigenvalue weighted by Crippen LogP contribution is 2.41. The Balaban J connectivity index is 1.28. The van der Waals surface area contributed by atoms with Gasteiger partial charge in [-0.05, 0) is 78.6 Å². The highest BCUT2D eigenvalue weighted by Gasteiger charge is 2.42. The maximum absolute atomic E-state index is 14.4. The van der Waals surface area contributed by atoms with Crippen molar-refractivity contribution in [3.63, 3.8) is 0 Å². The molecular formula is C31H28N6O3. The van der Waals surface area contributed by atoms with Crippen LogP contribution in [0.2, 0.25) is 0 Å². The Hall–Kier alpha value is -4.37. The first-order valence-electron chi connectivity index (χ1n) is 14.0. The van der Waals surface area contributed by atoms with Gasteiger partial charge in [0.2, 0.25) is 5.65 Å². The molecule has 1 N–H and O–H groups in total. The molecule has 2 unspecified atom stereocenters. The van der Waals surface area contributed by atoms with Crippen LogP contribution in [0.4, 0.5) is 0 Å². The van der Waals surface area contributed by atoms with Crippen LogP contribution < -0.4 is 5.56 Å². The largest absolute Gasteiger partial charge is 0.381 e. The third-order valence-electron chi connectivity index (χ3n) is 8.89. The predicted octanol–water partition coefficient (Wildman–Crippen LogP) is 3.77. The van der Waals surface area contributed by atoms with Gasteiger partial charge in [-0.25, -0.2) is 0 Å². The number of hydrogen-bond acceptors (Lipinski definition) is 6. The summed E-state index contributed by atoms with van der Waals surface area (Å²) in [6, 6.07) is 16.4. The molecule has 0 saturated carbocycles. The van der Waals surface area contributed by atoms with Crippen LogP contribution in [0.15, 0.2) is 65.7 Å². The van der Waals surface area contributed by atoms with Crippen LogP contribution in [0.5, 0.6) is 0 Å². The molecule has 0 radical (unpaired) electrons. The molecule has 9 nitrogen and oxygen atoms in total. The number of benzene rings is 2. The Kier molecular flexibility index (Phi) is 5.34. The van der Waals surface area contributed by atoms with Gasteiger partial charge < -0.3 is 14.6 Å². The van der Waals surface area contributed by atoms with Gasteiger partial charge in [-0.2, -0.15) is 0 Å². The number of ether oxygens (including phenoxy) is 1. The van der Waals surface area contributed by atoms with E-state index in [1.807, 2.05) is 41.1 Å². The molecule has 5 aromatic rings. The van der Waals surface area contributed by atoms with E-state index in [4.69, 9.17) is 4.74 Å². The first-order valence-corrected chi connectivity index (χ1v) is 14.0. The first-order chi connectivity index (χ1) is 19.7. The number of aromatic nitrogens is 5. The Morgan fingerprint density at radius 3 is 2.60 bits per heavy atom. The van der Waals surface area contributed by atoms with Crippen LogP contribution in [-0.2, 0) is 24.0 Å². The number of aromatic amines is 1. The molecule has 0 bridgehead atoms. The van der Waals surface area contributed by atoms with Crippen molar-refractivity contribution in [1.29, 1.82) is 0 Å². The van der Waals surface area contributed by atoms with E-state index in [9.17, 15) is 9.59 Å². The molecule has 3 aliphatic heterocycles. The Labute approximate surface area is 229 Å². The third kappa shape index (κ3) is 3.61. The van der Waals surface area contributed by atoms with E-state index >= 15 is 0 Å². The van der Waals surface area contributed by atoms with Gasteiger partial charge in [0, 0.05) is 43.1 Å². The molecule has 1 fully saturated rings. The van der Waals surface area contributed by atoms with Gasteiger partial charge >= 0.3 is 0 Å². The summed E-state index contributed by atoms with van der Waals surface area (Å²) >= 11 is 0. The number of rotatable bonds is 3. The minimum atomic E-state index is -0.272. The average Bonchev–Trinajstić information content (AvgIpc) is 3.44. The number of H-pyrrole nitrogens is 1. The minimum Gasteiger partial charge on any atom is -0.381 e. The lowest BCUT2D eigenvalue weighted by atomic mass is 9.80. The van der Waals surface area contributed by atoms with Crippen LogP contribution in [0.3, 0.4) is 0 Å². The quantitative estimate of drug-likeness (QED) is 0.379. The lowest BCUT2D eigenvalue weighted by Gasteiger charge is -2.46. The molecular weight excluding hydrogens is 504 g/mol. The molecule has 6 heterocycles. The number of nitrogens with one attached hydrogen (secondary N) is 1. The molecule has 8 rings (SSSR count). The van der Waals surface area contributed by atoms with Crippen molar-refractivity contribution in [3.05, 3.63) is 105 Å². The standard InChI is InChI=1S/C31H28N6O3/c38-30-29-35-34-28(19-7-11-40-12-8-19)37(29)27-17-24-21(16-25(27)33-30)15-22-14-20-3-1-2-4-23(20)26(36(22)31(24)39)13-18-5-9-32-10-6-18/h1-6,9-10,16-17,19,22,26H,7-8,11-15H2,(H,33,38). The Morgan fingerprint density at radius 2 is 1.75 bits per heavy atom. The van der Waals surface area contributed by atoms with E-state index in [0.29, 0.717) is 24.3 Å². The highest BCUT2D eigenvalue weighted by atomic mass is 16.5. The van der Waals surface area contributed by atoms with Gasteiger partial charge in [0.1, 0.15) is 5.82 Å². The first kappa shape index (κ1) is 23.5. The van der Waals surface area contributed by atoms with E-state index < -0.39 is 0 Å². The molecule has 9 heteroatoms. The SMILES string of the molecule is O=C1c2cc3c(cc2CC2Cc4ccccc4C(Cc4ccncc4)N12)[nH]c(=O)c1nnc(C2CCOCC2)n13. The molecule has 0 spiro atoms. The summed E-state index contributed by atoms with van der Waals surface area (Å²) in [6.45, 7) is 1.32. The molecule has 200 valence electrons. The van der Waals surface area contributed by atoms with Gasteiger partial charge in [0.25, 0.3) is 11.5 Å². The fourth-order valence-corrected chi connectivity index (χ4v) is 6.99. The van der Waals surface area contributed by atoms with E-state index in [1.165, 1.54) is 11.1 Å². The fraction of sp³-hybridized carbons (Fsp3) is 0.323. The van der Waals surface area contributed by atoms with Gasteiger partial charge in [-0.15, -0.1) is 10.2 Å². The monoisotopic (exact) mass is 532 g/mol. The molecule has 0 aliphatic carbocycles. The number of fused-ring (bicyclic) bond motifs is 6. The van der Waals surface area contributed by atoms with E-state index in [2.05, 4.69) is 49.3 Å². The molecule has 3 aromatic heterocycles. The second-order valence-electron chi connectivity index (χ2n) is 11.1. The average molecular weight is 533 g/mol. The smallest absolute Gasteiger partial charge is 0.294 e. The van der Waals surface area contributed by atoms with Crippen molar-refractivity contribution >= 4 is 22.6 Å². The summed E-state index contributed by atoms with van der Waals surface area (Å²) < 4.78 is 7.42. The van der Waals surface area contributed by atoms with Crippen LogP contribution >= 0.6 is 0 Å². The topological polar surface area (TPSA) is 105 Å². The minimum absolute atomic E-state index is 0.0294. The number of carbonyl (C=O) groups excluding carboxylic acids is 1. The summed E-state index contributed by atoms with van der Waals surface area (Å²) in [7, 11) is 0. The fourth-order valence-electron chi connectivity index (χ4n) is 6.99. The molecule has 1 saturated heterocycles. The zero-order valence-electron chi connectivity index (χ0n) is 21.9. The van der Waals surface area contributed by atoms with Gasteiger partial charge in [-0.3, -0.25) is 19.0 Å². The van der Waals surface area contributed by atoms with Crippen molar-refractivity contribution in [3.8, 4) is 0 Å². The summed E-state index contributed by atoms with van der Waals surface area (Å²) in [5, 5.41) is 8.70. The van der Waals surface area contributed by atoms with Crippen molar-refractivity contribution in [2.75, 3.05) is 13.2 Å². The summed E-state index contributed by atoms with van der Waals surface area (Å²) in [5.74, 6) is 0.938. The van der Waals surface area contributed by atoms with E-state index in [0.717, 1.165) is 54.6 Å². The van der Waals surface area contributed by atoms with Crippen LogP contribution in [0.25, 0.3) is 16.7 Å². The number of pyridine rings is 1. The predicted molar refractivity (Wildman–Crippen MR) is 148 cm³/mol. The van der Waals surface area contributed by atoms with E-state index in [1.54, 1.807) is 0 Å². The van der Waals surface area contributed by atoms with Gasteiger partial charge in [0.05, 0.1) is 17.1 Å². The summed E-state index contributed by atoms with van der Waals surface area (Å²) in [4.78, 5) is 36.7. The van der Waals surface area contributed by atoms with Crippen molar-refractivity contribution in [2.45, 2.75) is 50.1 Å². The van der Waals surface area contributed by atoms with E-state index in [-0.39, 0.29) is 35.1 Å². The molecule has 2 atom stereocenters. The Morgan fingerprint density at radius 1 is 0.950 bits per heavy atom. The molecule has 1 amide bonds. The summed E-state index contributed by atoms with van der Waals surface area (Å²) in [5.41, 5.74) is 6.76. The number of carbonyl (C=O) groups is 1. The van der Waals surface area contributed by atoms with Crippen LogP contribution in [0, 0.1) is 0 Å². The van der Waals surface area contributed by atoms with Crippen molar-refractivity contribution in [1.82, 2.24) is 29.5 Å². The Bertz CT molecular complexity index is 1840. The van der Waals surface area contributed by atoms with Crippen LogP contribution in [0.1, 0.15) is 63.2 Å². The maximum Gasteiger partial charge on any atom is 0.294 e. The highest BCUT2D eigenvalue weighted by molar-refractivity contribution is 6.01. The second kappa shape index (κ2) is 9.09. The number of nitrogens with zero attached hydrogens (tertiary/aromatic N) is 5. The van der Waals surface area contributed by atoms with Gasteiger partial charge in [-0.1, -0.05) is 24.3 Å². The maximum atomic E-state index is 14.4. The third-order valence-corrected chi connectivity index (χ3v) is 8.89. The lowest BCUT2D eigenvalue weighted by Crippen LogP contribution is -2.52. The van der Waals surface area contributed by atoms with Crippen LogP contribution in [-0.4, -0.2) is 54.6 Å². The normalized spacial score (nSPS) is 20.9. The molecule has 2 aromatic carbocycles. The number of hydrogen-bond donors (Lipinski definition) is 1. The zero-order valence-corrected chi connectivity index (χ0v) is 21.9. The second-order valence-corrected chi connectivity index (χ2v) is 11.1. The molecule has 3 aliphatic rings. The zero-order chi connectivity index (χ0) is 26.8. The number of amides is 1. The molecule has 40 heavy (non-hydrogen) atoms. The van der Waals surface area contributed by atoms with Crippen molar-refractivity contribution in [2.24, 2.45) is 0 Å². The lowest BCUT2D eigenvalue weighted by molar-refractivity contribution is 0.0499. The van der Waals surface area contributed by atoms with Gasteiger partial charge in [0.15, 0.2) is 0 Å². The summed E-state index contributed by atoms with van der Waals surface area (Å²) in [6.07, 6.45) is 7.52.